The molecule has 0 aromatic carbocycles. The van der Waals surface area contributed by atoms with E-state index in [2.05, 4.69) is 74.6 Å². The Morgan fingerprint density at radius 2 is 0.892 bits per heavy atom. The van der Waals surface area contributed by atoms with Crippen molar-refractivity contribution in [3.63, 3.8) is 0 Å². The van der Waals surface area contributed by atoms with Gasteiger partial charge in [0.25, 0.3) is 0 Å². The zero-order chi connectivity index (χ0) is 47.3. The quantitative estimate of drug-likeness (QED) is 0.0264. The Morgan fingerprint density at radius 3 is 1.43 bits per heavy atom. The van der Waals surface area contributed by atoms with E-state index in [0.29, 0.717) is 12.8 Å². The van der Waals surface area contributed by atoms with Gasteiger partial charge in [0.15, 0.2) is 12.4 Å². The summed E-state index contributed by atoms with van der Waals surface area (Å²) in [5.41, 5.74) is 0. The summed E-state index contributed by atoms with van der Waals surface area (Å²) in [6, 6.07) is 0. The second kappa shape index (κ2) is 45.2. The maximum atomic E-state index is 12.8. The highest BCUT2D eigenvalue weighted by molar-refractivity contribution is 5.70. The first kappa shape index (κ1) is 60.4. The largest absolute Gasteiger partial charge is 0.462 e. The average Bonchev–Trinajstić information content (AvgIpc) is 3.30. The highest BCUT2D eigenvalue weighted by atomic mass is 16.7. The molecule has 0 spiro atoms. The summed E-state index contributed by atoms with van der Waals surface area (Å²) >= 11 is 0. The molecule has 1 rings (SSSR count). The molecular formula is C55H96O10. The van der Waals surface area contributed by atoms with Crippen molar-refractivity contribution in [1.29, 1.82) is 0 Å². The second-order valence-electron chi connectivity index (χ2n) is 18.0. The van der Waals surface area contributed by atoms with Crippen molar-refractivity contribution < 1.29 is 49.0 Å². The van der Waals surface area contributed by atoms with Gasteiger partial charge in [0, 0.05) is 12.8 Å². The van der Waals surface area contributed by atoms with Crippen LogP contribution < -0.4 is 0 Å². The molecule has 0 aliphatic carbocycles. The van der Waals surface area contributed by atoms with Crippen LogP contribution in [0.1, 0.15) is 219 Å². The Morgan fingerprint density at radius 1 is 0.477 bits per heavy atom. The van der Waals surface area contributed by atoms with Crippen molar-refractivity contribution in [2.75, 3.05) is 19.8 Å². The van der Waals surface area contributed by atoms with Crippen molar-refractivity contribution in [2.45, 2.75) is 256 Å². The Bertz CT molecular complexity index is 1240. The molecule has 2 unspecified atom stereocenters. The van der Waals surface area contributed by atoms with Gasteiger partial charge in [-0.1, -0.05) is 184 Å². The molecule has 10 nitrogen and oxygen atoms in total. The number of rotatable bonds is 44. The number of carbonyl (C=O) groups excluding carboxylic acids is 2. The predicted molar refractivity (Wildman–Crippen MR) is 265 cm³/mol. The highest BCUT2D eigenvalue weighted by Gasteiger charge is 2.44. The van der Waals surface area contributed by atoms with Crippen LogP contribution in [0.2, 0.25) is 0 Å². The van der Waals surface area contributed by atoms with Crippen LogP contribution in [0, 0.1) is 0 Å². The van der Waals surface area contributed by atoms with E-state index in [1.54, 1.807) is 0 Å². The molecule has 0 radical (unpaired) electrons. The van der Waals surface area contributed by atoms with Crippen molar-refractivity contribution >= 4 is 11.9 Å². The van der Waals surface area contributed by atoms with Crippen LogP contribution >= 0.6 is 0 Å². The number of hydrogen-bond acceptors (Lipinski definition) is 10. The van der Waals surface area contributed by atoms with Gasteiger partial charge in [-0.15, -0.1) is 0 Å². The molecule has 1 aliphatic rings. The Balaban J connectivity index is 2.29. The third-order valence-corrected chi connectivity index (χ3v) is 11.9. The highest BCUT2D eigenvalue weighted by Crippen LogP contribution is 2.23. The molecule has 10 heteroatoms. The van der Waals surface area contributed by atoms with Gasteiger partial charge in [-0.05, 0) is 83.5 Å². The first-order valence-corrected chi connectivity index (χ1v) is 26.4. The SMILES string of the molecule is CCCCC/C=C/C/C=C/C/C=C/CCCCCCC(=O)O[C@@H](COC(=O)CCC/C=C/CC/C=C/CCCCCCCCCCCCCCCC)CO[C@H]1O[C@@H](CO)[C@@H](O)C(O)C1O. The molecule has 0 amide bonds. The summed E-state index contributed by atoms with van der Waals surface area (Å²) in [5.74, 6) is -0.880. The minimum Gasteiger partial charge on any atom is -0.462 e. The molecule has 6 atom stereocenters. The third-order valence-electron chi connectivity index (χ3n) is 11.9. The van der Waals surface area contributed by atoms with E-state index >= 15 is 0 Å². The van der Waals surface area contributed by atoms with Gasteiger partial charge < -0.3 is 39.4 Å². The fraction of sp³-hybridized carbons (Fsp3) is 0.782. The van der Waals surface area contributed by atoms with Gasteiger partial charge >= 0.3 is 11.9 Å². The smallest absolute Gasteiger partial charge is 0.306 e. The molecule has 0 aromatic rings. The van der Waals surface area contributed by atoms with Gasteiger partial charge in [0.05, 0.1) is 13.2 Å². The number of unbranched alkanes of at least 4 members (excludes halogenated alkanes) is 23. The fourth-order valence-corrected chi connectivity index (χ4v) is 7.69. The number of esters is 2. The maximum Gasteiger partial charge on any atom is 0.306 e. The summed E-state index contributed by atoms with van der Waals surface area (Å²) in [4.78, 5) is 25.4. The number of aliphatic hydroxyl groups is 4. The summed E-state index contributed by atoms with van der Waals surface area (Å²) in [6.07, 6.45) is 49.6. The van der Waals surface area contributed by atoms with Crippen LogP contribution in [-0.4, -0.2) is 89.0 Å². The Kier molecular flexibility index (Phi) is 42.0. The van der Waals surface area contributed by atoms with E-state index in [-0.39, 0.29) is 26.1 Å². The second-order valence-corrected chi connectivity index (χ2v) is 18.0. The number of carbonyl (C=O) groups is 2. The molecule has 4 N–H and O–H groups in total. The molecule has 1 heterocycles. The van der Waals surface area contributed by atoms with Crippen LogP contribution in [0.5, 0.6) is 0 Å². The molecule has 0 bridgehead atoms. The van der Waals surface area contributed by atoms with Crippen molar-refractivity contribution in [3.05, 3.63) is 60.8 Å². The van der Waals surface area contributed by atoms with Crippen LogP contribution in [-0.2, 0) is 28.5 Å². The lowest BCUT2D eigenvalue weighted by molar-refractivity contribution is -0.305. The molecule has 376 valence electrons. The number of hydrogen-bond donors (Lipinski definition) is 4. The number of aliphatic hydroxyl groups excluding tert-OH is 4. The molecule has 0 saturated carbocycles. The molecular weight excluding hydrogens is 821 g/mol. The number of ether oxygens (including phenoxy) is 4. The zero-order valence-corrected chi connectivity index (χ0v) is 41.2. The van der Waals surface area contributed by atoms with E-state index in [4.69, 9.17) is 18.9 Å². The minimum atomic E-state index is -1.61. The summed E-state index contributed by atoms with van der Waals surface area (Å²) in [6.45, 7) is 3.35. The van der Waals surface area contributed by atoms with Crippen molar-refractivity contribution in [3.8, 4) is 0 Å². The molecule has 1 saturated heterocycles. The molecule has 1 fully saturated rings. The van der Waals surface area contributed by atoms with Gasteiger partial charge in [-0.3, -0.25) is 9.59 Å². The van der Waals surface area contributed by atoms with Gasteiger partial charge in [-0.2, -0.15) is 0 Å². The summed E-state index contributed by atoms with van der Waals surface area (Å²) in [7, 11) is 0. The Hall–Kier alpha value is -2.60. The lowest BCUT2D eigenvalue weighted by atomic mass is 9.99. The van der Waals surface area contributed by atoms with E-state index in [1.165, 1.54) is 116 Å². The van der Waals surface area contributed by atoms with Crippen molar-refractivity contribution in [1.82, 2.24) is 0 Å². The summed E-state index contributed by atoms with van der Waals surface area (Å²) in [5, 5.41) is 40.2. The third kappa shape index (κ3) is 36.2. The normalized spacial score (nSPS) is 19.8. The minimum absolute atomic E-state index is 0.194. The van der Waals surface area contributed by atoms with Crippen molar-refractivity contribution in [2.24, 2.45) is 0 Å². The Labute approximate surface area is 396 Å². The molecule has 65 heavy (non-hydrogen) atoms. The molecule has 1 aliphatic heterocycles. The van der Waals surface area contributed by atoms with E-state index in [9.17, 15) is 30.0 Å². The van der Waals surface area contributed by atoms with E-state index in [1.807, 2.05) is 0 Å². The maximum absolute atomic E-state index is 12.8. The number of allylic oxidation sites excluding steroid dienone is 10. The first-order valence-electron chi connectivity index (χ1n) is 26.4. The first-order chi connectivity index (χ1) is 31.8. The standard InChI is InChI=1S/C55H96O10/c1-3-5-7-9-11-13-15-17-19-21-22-23-24-25-26-28-29-31-33-35-37-39-41-43-50(57)62-46-48(47-63-55-54(61)53(60)52(59)49(45-56)65-55)64-51(58)44-42-40-38-36-34-32-30-27-20-18-16-14-12-10-8-6-4-2/h12,14,18,20,28-30,32,35,37,48-49,52-56,59-61H,3-11,13,15-17,19,21-27,31,33-34,36,38-47H2,1-2H3/b14-12+,20-18+,29-28+,32-30+,37-35+/t48-,49-,52+,53?,54?,55-/m0/s1. The zero-order valence-electron chi connectivity index (χ0n) is 41.2. The van der Waals surface area contributed by atoms with Crippen LogP contribution in [0.3, 0.4) is 0 Å². The lowest BCUT2D eigenvalue weighted by Crippen LogP contribution is -2.59. The lowest BCUT2D eigenvalue weighted by Gasteiger charge is -2.39. The molecule has 0 aromatic heterocycles. The predicted octanol–water partition coefficient (Wildman–Crippen LogP) is 12.6. The van der Waals surface area contributed by atoms with Crippen LogP contribution in [0.4, 0.5) is 0 Å². The van der Waals surface area contributed by atoms with Gasteiger partial charge in [0.1, 0.15) is 31.0 Å². The summed E-state index contributed by atoms with van der Waals surface area (Å²) < 4.78 is 22.2. The van der Waals surface area contributed by atoms with Crippen LogP contribution in [0.15, 0.2) is 60.8 Å². The van der Waals surface area contributed by atoms with Gasteiger partial charge in [0.2, 0.25) is 0 Å². The van der Waals surface area contributed by atoms with Gasteiger partial charge in [-0.25, -0.2) is 0 Å². The van der Waals surface area contributed by atoms with Crippen LogP contribution in [0.25, 0.3) is 0 Å². The average molecular weight is 917 g/mol. The monoisotopic (exact) mass is 917 g/mol. The van der Waals surface area contributed by atoms with E-state index < -0.39 is 55.4 Å². The fourth-order valence-electron chi connectivity index (χ4n) is 7.69. The topological polar surface area (TPSA) is 152 Å². The van der Waals surface area contributed by atoms with E-state index in [0.717, 1.165) is 64.2 Å².